The number of carbonyl (C=O) groups is 1. The molecule has 0 bridgehead atoms. The molecule has 1 heterocycles. The van der Waals surface area contributed by atoms with Crippen molar-refractivity contribution >= 4 is 32.6 Å². The molecule has 2 aromatic carbocycles. The Morgan fingerprint density at radius 3 is 2.48 bits per heavy atom. The zero-order valence-corrected chi connectivity index (χ0v) is 14.1. The van der Waals surface area contributed by atoms with Crippen molar-refractivity contribution < 1.29 is 14.3 Å². The highest BCUT2D eigenvalue weighted by atomic mass is 79.9. The van der Waals surface area contributed by atoms with Crippen molar-refractivity contribution in [2.75, 3.05) is 14.2 Å². The van der Waals surface area contributed by atoms with E-state index < -0.39 is 0 Å². The lowest BCUT2D eigenvalue weighted by Gasteiger charge is -2.10. The van der Waals surface area contributed by atoms with Crippen molar-refractivity contribution in [1.29, 1.82) is 0 Å². The Kier molecular flexibility index (Phi) is 4.25. The predicted octanol–water partition coefficient (Wildman–Crippen LogP) is 3.64. The molecular formula is C17H13BrN2O3. The van der Waals surface area contributed by atoms with Gasteiger partial charge >= 0.3 is 0 Å². The summed E-state index contributed by atoms with van der Waals surface area (Å²) in [5.41, 5.74) is 1.50. The van der Waals surface area contributed by atoms with Crippen molar-refractivity contribution in [3.8, 4) is 11.5 Å². The largest absolute Gasteiger partial charge is 0.493 e. The van der Waals surface area contributed by atoms with Crippen LogP contribution in [0.1, 0.15) is 16.1 Å². The van der Waals surface area contributed by atoms with Crippen LogP contribution in [-0.4, -0.2) is 30.0 Å². The number of ketones is 1. The molecule has 116 valence electrons. The maximum atomic E-state index is 12.8. The number of ether oxygens (including phenoxy) is 2. The van der Waals surface area contributed by atoms with Gasteiger partial charge in [-0.1, -0.05) is 28.1 Å². The maximum Gasteiger partial charge on any atom is 0.212 e. The molecule has 0 aliphatic rings. The molecule has 0 fully saturated rings. The van der Waals surface area contributed by atoms with E-state index in [0.717, 1.165) is 4.47 Å². The van der Waals surface area contributed by atoms with E-state index >= 15 is 0 Å². The molecule has 0 atom stereocenters. The van der Waals surface area contributed by atoms with Crippen LogP contribution in [0.5, 0.6) is 11.5 Å². The van der Waals surface area contributed by atoms with Gasteiger partial charge in [0.25, 0.3) is 0 Å². The highest BCUT2D eigenvalue weighted by Gasteiger charge is 2.17. The monoisotopic (exact) mass is 372 g/mol. The molecule has 0 spiro atoms. The number of fused-ring (bicyclic) bond motifs is 1. The van der Waals surface area contributed by atoms with Gasteiger partial charge < -0.3 is 9.47 Å². The molecule has 3 aromatic rings. The van der Waals surface area contributed by atoms with Gasteiger partial charge in [0, 0.05) is 21.5 Å². The number of rotatable bonds is 4. The van der Waals surface area contributed by atoms with Crippen molar-refractivity contribution in [3.63, 3.8) is 0 Å². The minimum Gasteiger partial charge on any atom is -0.493 e. The number of hydrogen-bond acceptors (Lipinski definition) is 5. The van der Waals surface area contributed by atoms with Crippen LogP contribution >= 0.6 is 15.9 Å². The first-order valence-electron chi connectivity index (χ1n) is 6.81. The van der Waals surface area contributed by atoms with Gasteiger partial charge in [-0.3, -0.25) is 4.79 Å². The second-order valence-corrected chi connectivity index (χ2v) is 5.70. The molecule has 1 aromatic heterocycles. The average molecular weight is 373 g/mol. The van der Waals surface area contributed by atoms with Gasteiger partial charge in [-0.2, -0.15) is 0 Å². The zero-order chi connectivity index (χ0) is 16.4. The van der Waals surface area contributed by atoms with Crippen LogP contribution in [-0.2, 0) is 0 Å². The second kappa shape index (κ2) is 6.34. The molecule has 5 nitrogen and oxygen atoms in total. The Morgan fingerprint density at radius 2 is 1.78 bits per heavy atom. The minimum absolute atomic E-state index is 0.175. The number of carbonyl (C=O) groups excluding carboxylic acids is 1. The maximum absolute atomic E-state index is 12.8. The van der Waals surface area contributed by atoms with Crippen molar-refractivity contribution in [2.45, 2.75) is 0 Å². The lowest BCUT2D eigenvalue weighted by Crippen LogP contribution is -2.06. The molecular weight excluding hydrogens is 360 g/mol. The van der Waals surface area contributed by atoms with Crippen molar-refractivity contribution in [3.05, 3.63) is 58.5 Å². The van der Waals surface area contributed by atoms with E-state index in [0.29, 0.717) is 33.7 Å². The minimum atomic E-state index is -0.175. The highest BCUT2D eigenvalue weighted by Crippen LogP contribution is 2.32. The Balaban J connectivity index is 2.19. The fourth-order valence-electron chi connectivity index (χ4n) is 2.33. The van der Waals surface area contributed by atoms with E-state index in [1.807, 2.05) is 12.1 Å². The topological polar surface area (TPSA) is 61.3 Å². The average Bonchev–Trinajstić information content (AvgIpc) is 2.59. The summed E-state index contributed by atoms with van der Waals surface area (Å²) in [6, 6.07) is 10.6. The molecule has 0 amide bonds. The van der Waals surface area contributed by atoms with Crippen LogP contribution in [0.25, 0.3) is 10.9 Å². The standard InChI is InChI=1S/C17H13BrN2O3/c1-22-14-7-12-13(8-15(14)23-2)19-9-20-16(12)17(21)10-4-3-5-11(18)6-10/h3-9H,1-2H3. The number of benzene rings is 2. The fraction of sp³-hybridized carbons (Fsp3) is 0.118. The Hall–Kier alpha value is -2.47. The number of nitrogens with zero attached hydrogens (tertiary/aromatic N) is 2. The molecule has 0 saturated heterocycles. The van der Waals surface area contributed by atoms with Crippen LogP contribution < -0.4 is 9.47 Å². The summed E-state index contributed by atoms with van der Waals surface area (Å²) in [6.45, 7) is 0. The lowest BCUT2D eigenvalue weighted by atomic mass is 10.0. The molecule has 0 saturated carbocycles. The van der Waals surface area contributed by atoms with Gasteiger partial charge in [-0.15, -0.1) is 0 Å². The molecule has 23 heavy (non-hydrogen) atoms. The van der Waals surface area contributed by atoms with E-state index in [9.17, 15) is 4.79 Å². The first kappa shape index (κ1) is 15.4. The third kappa shape index (κ3) is 2.90. The molecule has 0 aliphatic carbocycles. The molecule has 0 unspecified atom stereocenters. The third-order valence-corrected chi connectivity index (χ3v) is 3.94. The Bertz CT molecular complexity index is 896. The summed E-state index contributed by atoms with van der Waals surface area (Å²) < 4.78 is 11.4. The fourth-order valence-corrected chi connectivity index (χ4v) is 2.73. The summed E-state index contributed by atoms with van der Waals surface area (Å²) in [5.74, 6) is 0.906. The smallest absolute Gasteiger partial charge is 0.212 e. The van der Waals surface area contributed by atoms with E-state index in [4.69, 9.17) is 9.47 Å². The van der Waals surface area contributed by atoms with Gasteiger partial charge in [0.1, 0.15) is 12.0 Å². The first-order chi connectivity index (χ1) is 11.1. The van der Waals surface area contributed by atoms with E-state index in [1.165, 1.54) is 6.33 Å². The zero-order valence-electron chi connectivity index (χ0n) is 12.5. The molecule has 0 N–H and O–H groups in total. The van der Waals surface area contributed by atoms with Gasteiger partial charge in [0.05, 0.1) is 19.7 Å². The quantitative estimate of drug-likeness (QED) is 0.654. The SMILES string of the molecule is COc1cc2ncnc(C(=O)c3cccc(Br)c3)c2cc1OC. The van der Waals surface area contributed by atoms with E-state index in [2.05, 4.69) is 25.9 Å². The van der Waals surface area contributed by atoms with Crippen LogP contribution in [0, 0.1) is 0 Å². The van der Waals surface area contributed by atoms with Gasteiger partial charge in [0.2, 0.25) is 5.78 Å². The highest BCUT2D eigenvalue weighted by molar-refractivity contribution is 9.10. The van der Waals surface area contributed by atoms with E-state index in [1.54, 1.807) is 38.5 Å². The number of hydrogen-bond donors (Lipinski definition) is 0. The summed E-state index contributed by atoms with van der Waals surface area (Å²) in [7, 11) is 3.10. The normalized spacial score (nSPS) is 10.6. The van der Waals surface area contributed by atoms with Crippen molar-refractivity contribution in [2.24, 2.45) is 0 Å². The van der Waals surface area contributed by atoms with Crippen molar-refractivity contribution in [1.82, 2.24) is 9.97 Å². The van der Waals surface area contributed by atoms with E-state index in [-0.39, 0.29) is 5.78 Å². The van der Waals surface area contributed by atoms with Crippen LogP contribution in [0.2, 0.25) is 0 Å². The lowest BCUT2D eigenvalue weighted by molar-refractivity contribution is 0.103. The third-order valence-electron chi connectivity index (χ3n) is 3.44. The molecule has 0 radical (unpaired) electrons. The predicted molar refractivity (Wildman–Crippen MR) is 90.2 cm³/mol. The summed E-state index contributed by atoms with van der Waals surface area (Å²) in [6.07, 6.45) is 1.37. The van der Waals surface area contributed by atoms with Gasteiger partial charge in [-0.25, -0.2) is 9.97 Å². The van der Waals surface area contributed by atoms with Crippen LogP contribution in [0.15, 0.2) is 47.2 Å². The summed E-state index contributed by atoms with van der Waals surface area (Å²) >= 11 is 3.37. The summed E-state index contributed by atoms with van der Waals surface area (Å²) in [4.78, 5) is 21.2. The molecule has 0 aliphatic heterocycles. The van der Waals surface area contributed by atoms with Gasteiger partial charge in [-0.05, 0) is 18.2 Å². The molecule has 6 heteroatoms. The Morgan fingerprint density at radius 1 is 1.04 bits per heavy atom. The first-order valence-corrected chi connectivity index (χ1v) is 7.60. The number of halogens is 1. The number of aromatic nitrogens is 2. The van der Waals surface area contributed by atoms with Gasteiger partial charge in [0.15, 0.2) is 11.5 Å². The summed E-state index contributed by atoms with van der Waals surface area (Å²) in [5, 5.41) is 0.620. The number of methoxy groups -OCH3 is 2. The van der Waals surface area contributed by atoms with Crippen LogP contribution in [0.3, 0.4) is 0 Å². The second-order valence-electron chi connectivity index (χ2n) is 4.79. The van der Waals surface area contributed by atoms with Crippen LogP contribution in [0.4, 0.5) is 0 Å². The Labute approximate surface area is 141 Å². The molecule has 3 rings (SSSR count).